The Labute approximate surface area is 127 Å². The number of halogens is 1. The highest BCUT2D eigenvalue weighted by Crippen LogP contribution is 2.33. The molecule has 0 saturated heterocycles. The van der Waals surface area contributed by atoms with E-state index >= 15 is 0 Å². The van der Waals surface area contributed by atoms with E-state index in [2.05, 4.69) is 40.1 Å². The van der Waals surface area contributed by atoms with Gasteiger partial charge in [0, 0.05) is 27.5 Å². The molecule has 106 valence electrons. The number of rotatable bonds is 7. The van der Waals surface area contributed by atoms with E-state index < -0.39 is 0 Å². The van der Waals surface area contributed by atoms with Gasteiger partial charge in [0.25, 0.3) is 0 Å². The van der Waals surface area contributed by atoms with Gasteiger partial charge in [-0.15, -0.1) is 11.8 Å². The lowest BCUT2D eigenvalue weighted by molar-refractivity contribution is 0.164. The van der Waals surface area contributed by atoms with Gasteiger partial charge >= 0.3 is 0 Å². The van der Waals surface area contributed by atoms with Crippen molar-refractivity contribution in [2.24, 2.45) is 0 Å². The molecule has 0 radical (unpaired) electrons. The number of thioether (sulfide) groups is 1. The van der Waals surface area contributed by atoms with Crippen LogP contribution in [0.2, 0.25) is 0 Å². The van der Waals surface area contributed by atoms with E-state index in [1.54, 1.807) is 11.8 Å². The molecule has 2 unspecified atom stereocenters. The average molecular weight is 345 g/mol. The lowest BCUT2D eigenvalue weighted by atomic mass is 9.97. The molecule has 1 fully saturated rings. The molecule has 2 atom stereocenters. The fraction of sp³-hybridized carbons (Fsp3) is 0.643. The second-order valence-corrected chi connectivity index (χ2v) is 7.84. The quantitative estimate of drug-likeness (QED) is 0.745. The van der Waals surface area contributed by atoms with Crippen molar-refractivity contribution < 1.29 is 5.11 Å². The van der Waals surface area contributed by atoms with Gasteiger partial charge in [0.15, 0.2) is 0 Å². The molecule has 1 aromatic rings. The van der Waals surface area contributed by atoms with E-state index in [1.807, 2.05) is 18.3 Å². The molecule has 1 saturated carbocycles. The van der Waals surface area contributed by atoms with E-state index in [9.17, 15) is 5.11 Å². The maximum atomic E-state index is 9.63. The van der Waals surface area contributed by atoms with Crippen LogP contribution in [-0.2, 0) is 0 Å². The molecular weight excluding hydrogens is 324 g/mol. The summed E-state index contributed by atoms with van der Waals surface area (Å²) in [5.41, 5.74) is -0.186. The van der Waals surface area contributed by atoms with Crippen molar-refractivity contribution in [2.75, 3.05) is 6.61 Å². The molecule has 0 aromatic carbocycles. The molecule has 5 heteroatoms. The number of aliphatic hydroxyl groups is 1. The first-order chi connectivity index (χ1) is 9.02. The normalized spacial score (nSPS) is 20.0. The van der Waals surface area contributed by atoms with Crippen molar-refractivity contribution in [2.45, 2.75) is 55.0 Å². The van der Waals surface area contributed by atoms with Gasteiger partial charge in [-0.05, 0) is 54.2 Å². The maximum Gasteiger partial charge on any atom is 0.110 e. The van der Waals surface area contributed by atoms with E-state index in [-0.39, 0.29) is 12.1 Å². The largest absolute Gasteiger partial charge is 0.394 e. The van der Waals surface area contributed by atoms with E-state index in [1.165, 1.54) is 12.8 Å². The topological polar surface area (TPSA) is 45.1 Å². The van der Waals surface area contributed by atoms with Crippen LogP contribution in [0.5, 0.6) is 0 Å². The van der Waals surface area contributed by atoms with E-state index in [4.69, 9.17) is 0 Å². The highest BCUT2D eigenvalue weighted by atomic mass is 79.9. The molecular formula is C14H21BrN2OS. The van der Waals surface area contributed by atoms with Crippen molar-refractivity contribution in [1.29, 1.82) is 0 Å². The Kier molecular flexibility index (Phi) is 5.29. The molecule has 2 rings (SSSR count). The zero-order valence-corrected chi connectivity index (χ0v) is 13.8. The van der Waals surface area contributed by atoms with Gasteiger partial charge in [-0.3, -0.25) is 0 Å². The summed E-state index contributed by atoms with van der Waals surface area (Å²) in [4.78, 5) is 4.38. The summed E-state index contributed by atoms with van der Waals surface area (Å²) in [6, 6.07) is 4.54. The van der Waals surface area contributed by atoms with Crippen LogP contribution in [0, 0.1) is 0 Å². The third-order valence-corrected chi connectivity index (χ3v) is 5.27. The number of pyridine rings is 1. The Bertz CT molecular complexity index is 428. The van der Waals surface area contributed by atoms with Crippen LogP contribution in [0.15, 0.2) is 27.8 Å². The van der Waals surface area contributed by atoms with Crippen LogP contribution in [0.3, 0.4) is 0 Å². The van der Waals surface area contributed by atoms with Crippen LogP contribution < -0.4 is 5.32 Å². The minimum atomic E-state index is -0.186. The Balaban J connectivity index is 1.92. The molecule has 1 aliphatic rings. The zero-order chi connectivity index (χ0) is 13.9. The molecule has 0 amide bonds. The number of nitrogens with one attached hydrogen (secondary N) is 1. The van der Waals surface area contributed by atoms with Crippen molar-refractivity contribution >= 4 is 27.7 Å². The summed E-state index contributed by atoms with van der Waals surface area (Å²) < 4.78 is 1.03. The standard InChI is InChI=1S/C14H21BrN2OS/c1-10(19-13-12(15)4-3-7-16-13)8-14(2,9-18)17-11-5-6-11/h3-4,7,10-11,17-18H,5-6,8-9H2,1-2H3. The third-order valence-electron chi connectivity index (χ3n) is 3.25. The highest BCUT2D eigenvalue weighted by Gasteiger charge is 2.33. The summed E-state index contributed by atoms with van der Waals surface area (Å²) in [6.07, 6.45) is 5.22. The zero-order valence-electron chi connectivity index (χ0n) is 11.4. The second-order valence-electron chi connectivity index (χ2n) is 5.56. The first kappa shape index (κ1) is 15.3. The fourth-order valence-electron chi connectivity index (χ4n) is 2.21. The Morgan fingerprint density at radius 2 is 2.37 bits per heavy atom. The number of hydrogen-bond donors (Lipinski definition) is 2. The van der Waals surface area contributed by atoms with Gasteiger partial charge in [-0.25, -0.2) is 4.98 Å². The number of hydrogen-bond acceptors (Lipinski definition) is 4. The minimum Gasteiger partial charge on any atom is -0.394 e. The first-order valence-corrected chi connectivity index (χ1v) is 8.35. The average Bonchev–Trinajstić information content (AvgIpc) is 3.15. The maximum absolute atomic E-state index is 9.63. The van der Waals surface area contributed by atoms with Crippen molar-refractivity contribution in [1.82, 2.24) is 10.3 Å². The van der Waals surface area contributed by atoms with Crippen LogP contribution in [0.25, 0.3) is 0 Å². The van der Waals surface area contributed by atoms with E-state index in [0.29, 0.717) is 11.3 Å². The molecule has 19 heavy (non-hydrogen) atoms. The summed E-state index contributed by atoms with van der Waals surface area (Å²) in [7, 11) is 0. The second kappa shape index (κ2) is 6.57. The van der Waals surface area contributed by atoms with Gasteiger partial charge < -0.3 is 10.4 Å². The monoisotopic (exact) mass is 344 g/mol. The van der Waals surface area contributed by atoms with E-state index in [0.717, 1.165) is 15.9 Å². The first-order valence-electron chi connectivity index (χ1n) is 6.68. The molecule has 2 N–H and O–H groups in total. The highest BCUT2D eigenvalue weighted by molar-refractivity contribution is 9.10. The van der Waals surface area contributed by atoms with Crippen LogP contribution in [-0.4, -0.2) is 33.5 Å². The van der Waals surface area contributed by atoms with Gasteiger partial charge in [0.2, 0.25) is 0 Å². The van der Waals surface area contributed by atoms with Gasteiger partial charge in [-0.2, -0.15) is 0 Å². The van der Waals surface area contributed by atoms with Crippen LogP contribution in [0.4, 0.5) is 0 Å². The lowest BCUT2D eigenvalue weighted by Gasteiger charge is -2.31. The SMILES string of the molecule is CC(CC(C)(CO)NC1CC1)Sc1ncccc1Br. The van der Waals surface area contributed by atoms with Crippen LogP contribution >= 0.6 is 27.7 Å². The fourth-order valence-corrected chi connectivity index (χ4v) is 3.88. The molecule has 1 heterocycles. The molecule has 0 spiro atoms. The van der Waals surface area contributed by atoms with Crippen LogP contribution in [0.1, 0.15) is 33.1 Å². The molecule has 3 nitrogen and oxygen atoms in total. The number of aliphatic hydroxyl groups excluding tert-OH is 1. The summed E-state index contributed by atoms with van der Waals surface area (Å²) >= 11 is 5.27. The summed E-state index contributed by atoms with van der Waals surface area (Å²) in [6.45, 7) is 4.47. The van der Waals surface area contributed by atoms with Crippen molar-refractivity contribution in [3.05, 3.63) is 22.8 Å². The molecule has 0 aliphatic heterocycles. The molecule has 1 aromatic heterocycles. The lowest BCUT2D eigenvalue weighted by Crippen LogP contribution is -2.48. The Morgan fingerprint density at radius 3 is 2.95 bits per heavy atom. The van der Waals surface area contributed by atoms with Crippen molar-refractivity contribution in [3.63, 3.8) is 0 Å². The Hall–Kier alpha value is -0.100. The van der Waals surface area contributed by atoms with Gasteiger partial charge in [0.05, 0.1) is 6.61 Å². The summed E-state index contributed by atoms with van der Waals surface area (Å²) in [5, 5.41) is 14.6. The van der Waals surface area contributed by atoms with Gasteiger partial charge in [-0.1, -0.05) is 6.92 Å². The molecule has 1 aliphatic carbocycles. The predicted octanol–water partition coefficient (Wildman–Crippen LogP) is 3.22. The van der Waals surface area contributed by atoms with Gasteiger partial charge in [0.1, 0.15) is 5.03 Å². The molecule has 0 bridgehead atoms. The Morgan fingerprint density at radius 1 is 1.63 bits per heavy atom. The smallest absolute Gasteiger partial charge is 0.110 e. The summed E-state index contributed by atoms with van der Waals surface area (Å²) in [5.74, 6) is 0. The number of nitrogens with zero attached hydrogens (tertiary/aromatic N) is 1. The third kappa shape index (κ3) is 4.74. The minimum absolute atomic E-state index is 0.178. The predicted molar refractivity (Wildman–Crippen MR) is 83.5 cm³/mol. The number of aromatic nitrogens is 1. The van der Waals surface area contributed by atoms with Crippen molar-refractivity contribution in [3.8, 4) is 0 Å².